The maximum atomic E-state index is 3.42. The molecule has 1 nitrogen and oxygen atoms in total. The number of hydrogen-bond acceptors (Lipinski definition) is 1. The second kappa shape index (κ2) is 9.69. The molecule has 0 unspecified atom stereocenters. The quantitative estimate of drug-likeness (QED) is 0.419. The molecule has 0 saturated heterocycles. The lowest BCUT2D eigenvalue weighted by Gasteiger charge is -2.00. The Labute approximate surface area is 78.1 Å². The fourth-order valence-corrected chi connectivity index (χ4v) is 1.31. The van der Waals surface area contributed by atoms with Crippen LogP contribution in [-0.4, -0.2) is 17.5 Å². The van der Waals surface area contributed by atoms with Gasteiger partial charge >= 0.3 is 0 Å². The molecule has 0 amide bonds. The van der Waals surface area contributed by atoms with Crippen LogP contribution >= 0.6 is 22.6 Å². The fourth-order valence-electron chi connectivity index (χ4n) is 0.771. The zero-order valence-electron chi connectivity index (χ0n) is 6.83. The second-order valence-electron chi connectivity index (χ2n) is 2.50. The van der Waals surface area contributed by atoms with Gasteiger partial charge in [0.05, 0.1) is 0 Å². The van der Waals surface area contributed by atoms with E-state index < -0.39 is 0 Å². The third-order valence-corrected chi connectivity index (χ3v) is 2.21. The van der Waals surface area contributed by atoms with Gasteiger partial charge in [-0.05, 0) is 36.8 Å². The Morgan fingerprint density at radius 1 is 1.10 bits per heavy atom. The highest BCUT2D eigenvalue weighted by Crippen LogP contribution is 1.92. The Hall–Kier alpha value is 0.690. The smallest absolute Gasteiger partial charge is 0.000426 e. The summed E-state index contributed by atoms with van der Waals surface area (Å²) in [6.07, 6.45) is 5.33. The molecule has 0 aromatic rings. The van der Waals surface area contributed by atoms with Crippen LogP contribution in [0.25, 0.3) is 0 Å². The van der Waals surface area contributed by atoms with E-state index in [1.807, 2.05) is 0 Å². The van der Waals surface area contributed by atoms with Crippen LogP contribution in [0.4, 0.5) is 0 Å². The SMILES string of the molecule is CCCCNCCCCI. The lowest BCUT2D eigenvalue weighted by Crippen LogP contribution is -2.16. The average Bonchev–Trinajstić information content (AvgIpc) is 1.97. The maximum absolute atomic E-state index is 3.42. The summed E-state index contributed by atoms with van der Waals surface area (Å²) in [5, 5.41) is 3.42. The molecular formula is C8H18IN. The van der Waals surface area contributed by atoms with Gasteiger partial charge in [-0.2, -0.15) is 0 Å². The number of unbranched alkanes of at least 4 members (excludes halogenated alkanes) is 2. The van der Waals surface area contributed by atoms with Crippen LogP contribution < -0.4 is 5.32 Å². The van der Waals surface area contributed by atoms with Gasteiger partial charge in [0, 0.05) is 0 Å². The molecule has 1 N–H and O–H groups in total. The first-order valence-corrected chi connectivity index (χ1v) is 5.71. The molecule has 0 saturated carbocycles. The predicted octanol–water partition coefficient (Wildman–Crippen LogP) is 2.59. The summed E-state index contributed by atoms with van der Waals surface area (Å²) in [5.74, 6) is 0. The molecule has 0 aliphatic heterocycles. The molecule has 0 rings (SSSR count). The summed E-state index contributed by atoms with van der Waals surface area (Å²) in [6, 6.07) is 0. The minimum Gasteiger partial charge on any atom is -0.317 e. The number of hydrogen-bond donors (Lipinski definition) is 1. The zero-order valence-corrected chi connectivity index (χ0v) is 8.99. The molecule has 0 aromatic carbocycles. The zero-order chi connectivity index (χ0) is 7.66. The van der Waals surface area contributed by atoms with Crippen LogP contribution in [0.1, 0.15) is 32.6 Å². The van der Waals surface area contributed by atoms with Gasteiger partial charge in [-0.1, -0.05) is 35.9 Å². The number of alkyl halides is 1. The monoisotopic (exact) mass is 255 g/mol. The van der Waals surface area contributed by atoms with Crippen molar-refractivity contribution in [2.45, 2.75) is 32.6 Å². The molecule has 0 aliphatic carbocycles. The number of nitrogens with one attached hydrogen (secondary N) is 1. The van der Waals surface area contributed by atoms with E-state index in [9.17, 15) is 0 Å². The Kier molecular flexibility index (Phi) is 10.4. The summed E-state index contributed by atoms with van der Waals surface area (Å²) in [5.41, 5.74) is 0. The highest BCUT2D eigenvalue weighted by molar-refractivity contribution is 14.1. The van der Waals surface area contributed by atoms with Crippen molar-refractivity contribution in [2.75, 3.05) is 17.5 Å². The molecule has 2 heteroatoms. The molecule has 0 aliphatic rings. The lowest BCUT2D eigenvalue weighted by molar-refractivity contribution is 0.614. The molecule has 0 atom stereocenters. The molecular weight excluding hydrogens is 237 g/mol. The Morgan fingerprint density at radius 2 is 1.80 bits per heavy atom. The molecule has 0 heterocycles. The van der Waals surface area contributed by atoms with E-state index in [1.54, 1.807) is 0 Å². The van der Waals surface area contributed by atoms with E-state index in [-0.39, 0.29) is 0 Å². The summed E-state index contributed by atoms with van der Waals surface area (Å²) in [4.78, 5) is 0. The molecule has 0 radical (unpaired) electrons. The third-order valence-electron chi connectivity index (χ3n) is 1.44. The van der Waals surface area contributed by atoms with Gasteiger partial charge in [0.15, 0.2) is 0 Å². The van der Waals surface area contributed by atoms with E-state index >= 15 is 0 Å². The van der Waals surface area contributed by atoms with Crippen LogP contribution in [0.15, 0.2) is 0 Å². The van der Waals surface area contributed by atoms with E-state index in [1.165, 1.54) is 43.2 Å². The van der Waals surface area contributed by atoms with E-state index in [0.717, 1.165) is 0 Å². The highest BCUT2D eigenvalue weighted by atomic mass is 127. The van der Waals surface area contributed by atoms with Crippen molar-refractivity contribution in [2.24, 2.45) is 0 Å². The second-order valence-corrected chi connectivity index (χ2v) is 3.58. The van der Waals surface area contributed by atoms with Crippen molar-refractivity contribution in [3.63, 3.8) is 0 Å². The molecule has 10 heavy (non-hydrogen) atoms. The van der Waals surface area contributed by atoms with E-state index in [2.05, 4.69) is 34.8 Å². The highest BCUT2D eigenvalue weighted by Gasteiger charge is 1.85. The molecule has 0 spiro atoms. The van der Waals surface area contributed by atoms with Crippen molar-refractivity contribution in [1.82, 2.24) is 5.32 Å². The number of rotatable bonds is 7. The Bertz CT molecular complexity index is 49.2. The van der Waals surface area contributed by atoms with Crippen LogP contribution in [0, 0.1) is 0 Å². The fraction of sp³-hybridized carbons (Fsp3) is 1.00. The van der Waals surface area contributed by atoms with Crippen molar-refractivity contribution in [3.8, 4) is 0 Å². The summed E-state index contributed by atoms with van der Waals surface area (Å²) in [6.45, 7) is 4.65. The van der Waals surface area contributed by atoms with Gasteiger partial charge in [0.2, 0.25) is 0 Å². The van der Waals surface area contributed by atoms with Gasteiger partial charge in [-0.3, -0.25) is 0 Å². The van der Waals surface area contributed by atoms with Crippen LogP contribution in [0.5, 0.6) is 0 Å². The normalized spacial score (nSPS) is 10.2. The van der Waals surface area contributed by atoms with Gasteiger partial charge in [-0.15, -0.1) is 0 Å². The molecule has 0 fully saturated rings. The summed E-state index contributed by atoms with van der Waals surface area (Å²) in [7, 11) is 0. The van der Waals surface area contributed by atoms with Crippen molar-refractivity contribution < 1.29 is 0 Å². The van der Waals surface area contributed by atoms with Crippen LogP contribution in [-0.2, 0) is 0 Å². The van der Waals surface area contributed by atoms with Gasteiger partial charge in [-0.25, -0.2) is 0 Å². The Morgan fingerprint density at radius 3 is 2.40 bits per heavy atom. The first kappa shape index (κ1) is 10.7. The van der Waals surface area contributed by atoms with Crippen molar-refractivity contribution in [3.05, 3.63) is 0 Å². The third kappa shape index (κ3) is 8.69. The predicted molar refractivity (Wildman–Crippen MR) is 55.9 cm³/mol. The molecule has 0 bridgehead atoms. The maximum Gasteiger partial charge on any atom is -0.000426 e. The van der Waals surface area contributed by atoms with E-state index in [0.29, 0.717) is 0 Å². The van der Waals surface area contributed by atoms with Gasteiger partial charge < -0.3 is 5.32 Å². The Balaban J connectivity index is 2.65. The lowest BCUT2D eigenvalue weighted by atomic mass is 10.3. The van der Waals surface area contributed by atoms with Crippen LogP contribution in [0.3, 0.4) is 0 Å². The molecule has 62 valence electrons. The van der Waals surface area contributed by atoms with Crippen molar-refractivity contribution >= 4 is 22.6 Å². The topological polar surface area (TPSA) is 12.0 Å². The van der Waals surface area contributed by atoms with Crippen molar-refractivity contribution in [1.29, 1.82) is 0 Å². The minimum atomic E-state index is 1.21. The van der Waals surface area contributed by atoms with E-state index in [4.69, 9.17) is 0 Å². The summed E-state index contributed by atoms with van der Waals surface area (Å²) < 4.78 is 1.30. The average molecular weight is 255 g/mol. The minimum absolute atomic E-state index is 1.21. The van der Waals surface area contributed by atoms with Crippen LogP contribution in [0.2, 0.25) is 0 Å². The largest absolute Gasteiger partial charge is 0.317 e. The summed E-state index contributed by atoms with van der Waals surface area (Å²) >= 11 is 2.43. The standard InChI is InChI=1S/C8H18IN/c1-2-3-7-10-8-5-4-6-9/h10H,2-8H2,1H3. The number of halogens is 1. The first-order chi connectivity index (χ1) is 4.91. The van der Waals surface area contributed by atoms with Gasteiger partial charge in [0.25, 0.3) is 0 Å². The first-order valence-electron chi connectivity index (χ1n) is 4.18. The van der Waals surface area contributed by atoms with Gasteiger partial charge in [0.1, 0.15) is 0 Å². The molecule has 0 aromatic heterocycles.